The standard InChI is InChI=1S/C24H28N2O/c27-23-18-24(22-9-5-4-8-21(22)23)12-10-20(11-13-24)26-16-14-25(15-17-26)19-6-2-1-3-7-19/h1-9,20H,10-18H2. The normalized spacial score (nSPS) is 28.5. The van der Waals surface area contributed by atoms with E-state index in [0.29, 0.717) is 11.8 Å². The van der Waals surface area contributed by atoms with Gasteiger partial charge in [0.25, 0.3) is 0 Å². The number of rotatable bonds is 2. The van der Waals surface area contributed by atoms with Crippen molar-refractivity contribution < 1.29 is 4.79 Å². The molecule has 0 bridgehead atoms. The molecule has 140 valence electrons. The minimum Gasteiger partial charge on any atom is -0.369 e. The lowest BCUT2D eigenvalue weighted by molar-refractivity contribution is 0.0908. The first-order valence-electron chi connectivity index (χ1n) is 10.4. The molecular weight excluding hydrogens is 332 g/mol. The van der Waals surface area contributed by atoms with E-state index in [1.165, 1.54) is 36.9 Å². The molecule has 1 heterocycles. The molecule has 3 nitrogen and oxygen atoms in total. The van der Waals surface area contributed by atoms with E-state index in [1.54, 1.807) is 0 Å². The van der Waals surface area contributed by atoms with Crippen LogP contribution in [0.4, 0.5) is 5.69 Å². The van der Waals surface area contributed by atoms with E-state index in [9.17, 15) is 4.79 Å². The molecular formula is C24H28N2O. The molecule has 0 radical (unpaired) electrons. The second-order valence-corrected chi connectivity index (χ2v) is 8.52. The Morgan fingerprint density at radius 3 is 2.22 bits per heavy atom. The first-order valence-corrected chi connectivity index (χ1v) is 10.4. The molecule has 0 atom stereocenters. The minimum atomic E-state index is 0.135. The molecule has 0 aromatic heterocycles. The van der Waals surface area contributed by atoms with E-state index in [-0.39, 0.29) is 5.41 Å². The first-order chi connectivity index (χ1) is 13.3. The van der Waals surface area contributed by atoms with Crippen LogP contribution in [0.2, 0.25) is 0 Å². The van der Waals surface area contributed by atoms with Crippen molar-refractivity contribution in [2.75, 3.05) is 31.1 Å². The van der Waals surface area contributed by atoms with Gasteiger partial charge in [0.15, 0.2) is 5.78 Å². The maximum atomic E-state index is 12.5. The molecule has 1 spiro atoms. The minimum absolute atomic E-state index is 0.135. The number of nitrogens with zero attached hydrogens (tertiary/aromatic N) is 2. The summed E-state index contributed by atoms with van der Waals surface area (Å²) in [5.74, 6) is 0.362. The average Bonchev–Trinajstić information content (AvgIpc) is 3.01. The third-order valence-corrected chi connectivity index (χ3v) is 7.16. The van der Waals surface area contributed by atoms with Crippen LogP contribution in [0.25, 0.3) is 0 Å². The molecule has 2 aromatic rings. The molecule has 0 unspecified atom stereocenters. The maximum Gasteiger partial charge on any atom is 0.164 e. The van der Waals surface area contributed by atoms with Gasteiger partial charge in [0.05, 0.1) is 0 Å². The van der Waals surface area contributed by atoms with E-state index in [4.69, 9.17) is 0 Å². The second-order valence-electron chi connectivity index (χ2n) is 8.52. The van der Waals surface area contributed by atoms with Crippen LogP contribution < -0.4 is 4.90 Å². The molecule has 1 saturated heterocycles. The van der Waals surface area contributed by atoms with Gasteiger partial charge in [-0.1, -0.05) is 42.5 Å². The highest BCUT2D eigenvalue weighted by Crippen LogP contribution is 2.49. The van der Waals surface area contributed by atoms with Crippen LogP contribution in [-0.4, -0.2) is 42.9 Å². The number of anilines is 1. The van der Waals surface area contributed by atoms with Crippen molar-refractivity contribution in [3.8, 4) is 0 Å². The van der Waals surface area contributed by atoms with E-state index in [0.717, 1.165) is 38.2 Å². The van der Waals surface area contributed by atoms with Crippen LogP contribution in [0.15, 0.2) is 54.6 Å². The van der Waals surface area contributed by atoms with Crippen LogP contribution in [0.5, 0.6) is 0 Å². The zero-order chi connectivity index (χ0) is 18.3. The number of carbonyl (C=O) groups is 1. The van der Waals surface area contributed by atoms with Crippen molar-refractivity contribution in [2.24, 2.45) is 0 Å². The molecule has 0 N–H and O–H groups in total. The topological polar surface area (TPSA) is 23.6 Å². The Bertz CT molecular complexity index is 815. The third-order valence-electron chi connectivity index (χ3n) is 7.16. The Kier molecular flexibility index (Phi) is 4.28. The van der Waals surface area contributed by atoms with Crippen molar-refractivity contribution in [3.63, 3.8) is 0 Å². The summed E-state index contributed by atoms with van der Waals surface area (Å²) in [5.41, 5.74) is 3.81. The quantitative estimate of drug-likeness (QED) is 0.799. The van der Waals surface area contributed by atoms with E-state index in [1.807, 2.05) is 12.1 Å². The van der Waals surface area contributed by atoms with Gasteiger partial charge >= 0.3 is 0 Å². The monoisotopic (exact) mass is 360 g/mol. The number of para-hydroxylation sites is 1. The van der Waals surface area contributed by atoms with Gasteiger partial charge in [-0.05, 0) is 43.4 Å². The number of Topliss-reactive ketones (excluding diaryl/α,β-unsaturated/α-hetero) is 1. The lowest BCUT2D eigenvalue weighted by Gasteiger charge is -2.45. The van der Waals surface area contributed by atoms with Crippen molar-refractivity contribution in [1.29, 1.82) is 0 Å². The van der Waals surface area contributed by atoms with Crippen LogP contribution in [-0.2, 0) is 5.41 Å². The zero-order valence-electron chi connectivity index (χ0n) is 15.9. The summed E-state index contributed by atoms with van der Waals surface area (Å²) in [5, 5.41) is 0. The summed E-state index contributed by atoms with van der Waals surface area (Å²) in [7, 11) is 0. The summed E-state index contributed by atoms with van der Waals surface area (Å²) < 4.78 is 0. The zero-order valence-corrected chi connectivity index (χ0v) is 15.9. The largest absolute Gasteiger partial charge is 0.369 e. The summed E-state index contributed by atoms with van der Waals surface area (Å²) in [6.07, 6.45) is 5.53. The van der Waals surface area contributed by atoms with Crippen molar-refractivity contribution in [1.82, 2.24) is 4.90 Å². The highest BCUT2D eigenvalue weighted by molar-refractivity contribution is 6.02. The van der Waals surface area contributed by atoms with Gasteiger partial charge in [0.2, 0.25) is 0 Å². The average molecular weight is 361 g/mol. The highest BCUT2D eigenvalue weighted by atomic mass is 16.1. The lowest BCUT2D eigenvalue weighted by Crippen LogP contribution is -2.52. The molecule has 3 heteroatoms. The van der Waals surface area contributed by atoms with E-state index in [2.05, 4.69) is 52.3 Å². The summed E-state index contributed by atoms with van der Waals surface area (Å²) in [6.45, 7) is 4.55. The fraction of sp³-hybridized carbons (Fsp3) is 0.458. The van der Waals surface area contributed by atoms with Crippen LogP contribution >= 0.6 is 0 Å². The summed E-state index contributed by atoms with van der Waals surface area (Å²) in [4.78, 5) is 17.7. The lowest BCUT2D eigenvalue weighted by atomic mass is 9.68. The molecule has 5 rings (SSSR count). The number of benzene rings is 2. The van der Waals surface area contributed by atoms with Crippen molar-refractivity contribution >= 4 is 11.5 Å². The van der Waals surface area contributed by atoms with Crippen molar-refractivity contribution in [3.05, 3.63) is 65.7 Å². The molecule has 0 amide bonds. The highest BCUT2D eigenvalue weighted by Gasteiger charge is 2.45. The predicted molar refractivity (Wildman–Crippen MR) is 110 cm³/mol. The Morgan fingerprint density at radius 2 is 1.48 bits per heavy atom. The third kappa shape index (κ3) is 2.98. The van der Waals surface area contributed by atoms with Gasteiger partial charge in [-0.25, -0.2) is 0 Å². The Labute approximate surface area is 162 Å². The second kappa shape index (κ2) is 6.79. The summed E-state index contributed by atoms with van der Waals surface area (Å²) >= 11 is 0. The SMILES string of the molecule is O=C1CC2(CCC(N3CCN(c4ccccc4)CC3)CC2)c2ccccc21. The molecule has 3 aliphatic rings. The van der Waals surface area contributed by atoms with Crippen molar-refractivity contribution in [2.45, 2.75) is 43.6 Å². The Morgan fingerprint density at radius 1 is 0.815 bits per heavy atom. The van der Waals surface area contributed by atoms with Crippen LogP contribution in [0.1, 0.15) is 48.0 Å². The van der Waals surface area contributed by atoms with Gasteiger partial charge in [0.1, 0.15) is 0 Å². The number of fused-ring (bicyclic) bond motifs is 2. The number of hydrogen-bond donors (Lipinski definition) is 0. The molecule has 2 aliphatic carbocycles. The van der Waals surface area contributed by atoms with E-state index >= 15 is 0 Å². The van der Waals surface area contributed by atoms with E-state index < -0.39 is 0 Å². The smallest absolute Gasteiger partial charge is 0.164 e. The Hall–Kier alpha value is -2.13. The van der Waals surface area contributed by atoms with Gasteiger partial charge in [-0.15, -0.1) is 0 Å². The summed E-state index contributed by atoms with van der Waals surface area (Å²) in [6, 6.07) is 19.8. The number of ketones is 1. The molecule has 27 heavy (non-hydrogen) atoms. The fourth-order valence-corrected chi connectivity index (χ4v) is 5.64. The predicted octanol–water partition coefficient (Wildman–Crippen LogP) is 4.28. The number of hydrogen-bond acceptors (Lipinski definition) is 3. The molecule has 1 aliphatic heterocycles. The number of piperazine rings is 1. The molecule has 1 saturated carbocycles. The van der Waals surface area contributed by atoms with Gasteiger partial charge in [-0.3, -0.25) is 9.69 Å². The van der Waals surface area contributed by atoms with Crippen LogP contribution in [0, 0.1) is 0 Å². The van der Waals surface area contributed by atoms with Gasteiger partial charge in [-0.2, -0.15) is 0 Å². The Balaban J connectivity index is 1.22. The number of carbonyl (C=O) groups excluding carboxylic acids is 1. The molecule has 2 aromatic carbocycles. The fourth-order valence-electron chi connectivity index (χ4n) is 5.64. The first kappa shape index (κ1) is 17.0. The van der Waals surface area contributed by atoms with Gasteiger partial charge in [0, 0.05) is 55.3 Å². The maximum absolute atomic E-state index is 12.5. The van der Waals surface area contributed by atoms with Gasteiger partial charge < -0.3 is 4.90 Å². The molecule has 2 fully saturated rings. The van der Waals surface area contributed by atoms with Crippen LogP contribution in [0.3, 0.4) is 0 Å².